The second-order valence-corrected chi connectivity index (χ2v) is 3.60. The normalized spacial score (nSPS) is 12.6. The van der Waals surface area contributed by atoms with Crippen LogP contribution < -0.4 is 0 Å². The van der Waals surface area contributed by atoms with Gasteiger partial charge in [-0.3, -0.25) is 4.90 Å². The Bertz CT molecular complexity index is 207. The summed E-state index contributed by atoms with van der Waals surface area (Å²) in [6.07, 6.45) is 3.97. The number of likely N-dealkylation sites (N-methyl/N-ethyl adjacent to an activating group) is 1. The average molecular weight is 199 g/mol. The van der Waals surface area contributed by atoms with E-state index in [9.17, 15) is 4.79 Å². The molecular weight excluding hydrogens is 178 g/mol. The fraction of sp³-hybridized carbons (Fsp3) is 0.727. The van der Waals surface area contributed by atoms with Crippen molar-refractivity contribution in [2.45, 2.75) is 39.7 Å². The first-order valence-corrected chi connectivity index (χ1v) is 5.13. The van der Waals surface area contributed by atoms with Gasteiger partial charge < -0.3 is 5.11 Å². The number of carboxylic acid groups (broad SMARTS) is 1. The summed E-state index contributed by atoms with van der Waals surface area (Å²) in [5, 5.41) is 8.66. The first-order chi connectivity index (χ1) is 6.52. The lowest BCUT2D eigenvalue weighted by molar-refractivity contribution is -0.132. The maximum absolute atomic E-state index is 10.5. The van der Waals surface area contributed by atoms with E-state index in [1.165, 1.54) is 0 Å². The van der Waals surface area contributed by atoms with E-state index in [0.717, 1.165) is 12.8 Å². The summed E-state index contributed by atoms with van der Waals surface area (Å²) in [6.45, 7) is 6.64. The number of hydrogen-bond donors (Lipinski definition) is 1. The van der Waals surface area contributed by atoms with Crippen molar-refractivity contribution < 1.29 is 9.90 Å². The molecule has 0 saturated heterocycles. The monoisotopic (exact) mass is 199 g/mol. The van der Waals surface area contributed by atoms with Crippen LogP contribution in [-0.2, 0) is 4.79 Å². The van der Waals surface area contributed by atoms with E-state index in [-0.39, 0.29) is 0 Å². The highest BCUT2D eigenvalue weighted by molar-refractivity contribution is 5.85. The van der Waals surface area contributed by atoms with Gasteiger partial charge in [0.15, 0.2) is 0 Å². The maximum atomic E-state index is 10.5. The largest absolute Gasteiger partial charge is 0.478 e. The fourth-order valence-electron chi connectivity index (χ4n) is 1.43. The SMILES string of the molecule is CCC(CC)N(C)CC=C(C)C(=O)O. The third-order valence-corrected chi connectivity index (χ3v) is 2.59. The molecule has 0 aromatic carbocycles. The zero-order valence-electron chi connectivity index (χ0n) is 9.58. The molecule has 0 aliphatic heterocycles. The van der Waals surface area contributed by atoms with Crippen molar-refractivity contribution in [1.82, 2.24) is 4.90 Å². The van der Waals surface area contributed by atoms with Gasteiger partial charge in [0, 0.05) is 18.2 Å². The van der Waals surface area contributed by atoms with E-state index in [1.807, 2.05) is 7.05 Å². The molecule has 0 amide bonds. The molecule has 3 nitrogen and oxygen atoms in total. The highest BCUT2D eigenvalue weighted by Crippen LogP contribution is 2.06. The second kappa shape index (κ2) is 6.60. The zero-order valence-corrected chi connectivity index (χ0v) is 9.58. The third kappa shape index (κ3) is 4.42. The van der Waals surface area contributed by atoms with Crippen LogP contribution in [0.5, 0.6) is 0 Å². The van der Waals surface area contributed by atoms with Gasteiger partial charge in [0.25, 0.3) is 0 Å². The van der Waals surface area contributed by atoms with Crippen molar-refractivity contribution in [2.24, 2.45) is 0 Å². The molecule has 0 aliphatic carbocycles. The molecule has 0 aromatic heterocycles. The maximum Gasteiger partial charge on any atom is 0.330 e. The minimum absolute atomic E-state index is 0.419. The summed E-state index contributed by atoms with van der Waals surface area (Å²) in [5.74, 6) is -0.831. The van der Waals surface area contributed by atoms with Gasteiger partial charge in [0.2, 0.25) is 0 Å². The van der Waals surface area contributed by atoms with Gasteiger partial charge in [-0.15, -0.1) is 0 Å². The quantitative estimate of drug-likeness (QED) is 0.666. The van der Waals surface area contributed by atoms with Crippen LogP contribution in [0.2, 0.25) is 0 Å². The van der Waals surface area contributed by atoms with E-state index >= 15 is 0 Å². The molecule has 0 aromatic rings. The highest BCUT2D eigenvalue weighted by Gasteiger charge is 2.09. The smallest absolute Gasteiger partial charge is 0.330 e. The standard InChI is InChI=1S/C11H21NO2/c1-5-10(6-2)12(4)8-7-9(3)11(13)14/h7,10H,5-6,8H2,1-4H3,(H,13,14). The molecule has 0 spiro atoms. The Kier molecular flexibility index (Phi) is 6.21. The molecule has 82 valence electrons. The number of carbonyl (C=O) groups is 1. The van der Waals surface area contributed by atoms with E-state index in [4.69, 9.17) is 5.11 Å². The number of carboxylic acids is 1. The van der Waals surface area contributed by atoms with E-state index in [1.54, 1.807) is 13.0 Å². The summed E-state index contributed by atoms with van der Waals surface area (Å²) in [4.78, 5) is 12.7. The topological polar surface area (TPSA) is 40.5 Å². The first-order valence-electron chi connectivity index (χ1n) is 5.13. The van der Waals surface area contributed by atoms with Gasteiger partial charge in [-0.25, -0.2) is 4.79 Å². The van der Waals surface area contributed by atoms with E-state index < -0.39 is 5.97 Å². The second-order valence-electron chi connectivity index (χ2n) is 3.60. The van der Waals surface area contributed by atoms with Crippen LogP contribution in [0, 0.1) is 0 Å². The molecule has 0 atom stereocenters. The Hall–Kier alpha value is -0.830. The zero-order chi connectivity index (χ0) is 11.1. The minimum Gasteiger partial charge on any atom is -0.478 e. The molecule has 0 fully saturated rings. The molecular formula is C11H21NO2. The molecule has 0 aliphatic rings. The summed E-state index contributed by atoms with van der Waals surface area (Å²) < 4.78 is 0. The van der Waals surface area contributed by atoms with Crippen LogP contribution in [0.1, 0.15) is 33.6 Å². The predicted molar refractivity (Wildman–Crippen MR) is 58.4 cm³/mol. The summed E-state index contributed by atoms with van der Waals surface area (Å²) in [5.41, 5.74) is 0.419. The Labute approximate surface area is 86.4 Å². The van der Waals surface area contributed by atoms with Crippen molar-refractivity contribution in [2.75, 3.05) is 13.6 Å². The van der Waals surface area contributed by atoms with Gasteiger partial charge in [0.05, 0.1) is 0 Å². The van der Waals surface area contributed by atoms with Crippen molar-refractivity contribution in [1.29, 1.82) is 0 Å². The van der Waals surface area contributed by atoms with Gasteiger partial charge in [-0.05, 0) is 26.8 Å². The highest BCUT2D eigenvalue weighted by atomic mass is 16.4. The number of hydrogen-bond acceptors (Lipinski definition) is 2. The molecule has 0 bridgehead atoms. The van der Waals surface area contributed by atoms with E-state index in [2.05, 4.69) is 18.7 Å². The molecule has 14 heavy (non-hydrogen) atoms. The number of aliphatic carboxylic acids is 1. The molecule has 0 saturated carbocycles. The Morgan fingerprint density at radius 2 is 1.93 bits per heavy atom. The van der Waals surface area contributed by atoms with E-state index in [0.29, 0.717) is 18.2 Å². The average Bonchev–Trinajstić information content (AvgIpc) is 2.15. The van der Waals surface area contributed by atoms with Crippen LogP contribution in [0.3, 0.4) is 0 Å². The van der Waals surface area contributed by atoms with Crippen molar-refractivity contribution in [3.05, 3.63) is 11.6 Å². The van der Waals surface area contributed by atoms with Crippen molar-refractivity contribution in [3.63, 3.8) is 0 Å². The molecule has 0 rings (SSSR count). The lowest BCUT2D eigenvalue weighted by Gasteiger charge is -2.24. The molecule has 0 heterocycles. The van der Waals surface area contributed by atoms with Crippen LogP contribution in [-0.4, -0.2) is 35.6 Å². The Balaban J connectivity index is 4.12. The van der Waals surface area contributed by atoms with Gasteiger partial charge in [0.1, 0.15) is 0 Å². The predicted octanol–water partition coefficient (Wildman–Crippen LogP) is 2.14. The van der Waals surface area contributed by atoms with Crippen molar-refractivity contribution >= 4 is 5.97 Å². The summed E-state index contributed by atoms with van der Waals surface area (Å²) in [7, 11) is 2.03. The lowest BCUT2D eigenvalue weighted by Crippen LogP contribution is -2.30. The summed E-state index contributed by atoms with van der Waals surface area (Å²) >= 11 is 0. The van der Waals surface area contributed by atoms with Crippen molar-refractivity contribution in [3.8, 4) is 0 Å². The number of nitrogens with zero attached hydrogens (tertiary/aromatic N) is 1. The molecule has 0 unspecified atom stereocenters. The Morgan fingerprint density at radius 3 is 2.29 bits per heavy atom. The first kappa shape index (κ1) is 13.2. The van der Waals surface area contributed by atoms with Crippen LogP contribution in [0.25, 0.3) is 0 Å². The van der Waals surface area contributed by atoms with Gasteiger partial charge in [-0.2, -0.15) is 0 Å². The molecule has 3 heteroatoms. The fourth-order valence-corrected chi connectivity index (χ4v) is 1.43. The minimum atomic E-state index is -0.831. The van der Waals surface area contributed by atoms with Gasteiger partial charge in [-0.1, -0.05) is 19.9 Å². The summed E-state index contributed by atoms with van der Waals surface area (Å²) in [6, 6.07) is 0.549. The lowest BCUT2D eigenvalue weighted by atomic mass is 10.1. The third-order valence-electron chi connectivity index (χ3n) is 2.59. The Morgan fingerprint density at radius 1 is 1.43 bits per heavy atom. The molecule has 1 N–H and O–H groups in total. The number of rotatable bonds is 6. The van der Waals surface area contributed by atoms with Crippen LogP contribution in [0.15, 0.2) is 11.6 Å². The van der Waals surface area contributed by atoms with Crippen LogP contribution in [0.4, 0.5) is 0 Å². The van der Waals surface area contributed by atoms with Crippen LogP contribution >= 0.6 is 0 Å². The molecule has 0 radical (unpaired) electrons. The van der Waals surface area contributed by atoms with Gasteiger partial charge >= 0.3 is 5.97 Å².